The van der Waals surface area contributed by atoms with E-state index in [1.54, 1.807) is 24.3 Å². The largest absolute Gasteiger partial charge is 0.487 e. The third-order valence-electron chi connectivity index (χ3n) is 3.57. The molecule has 2 aromatic heterocycles. The minimum absolute atomic E-state index is 0.0742. The van der Waals surface area contributed by atoms with Crippen LogP contribution in [0.25, 0.3) is 5.65 Å². The molecule has 0 aliphatic rings. The lowest BCUT2D eigenvalue weighted by molar-refractivity contribution is 0.0956. The van der Waals surface area contributed by atoms with E-state index in [2.05, 4.69) is 10.3 Å². The third kappa shape index (κ3) is 3.34. The Kier molecular flexibility index (Phi) is 4.28. The van der Waals surface area contributed by atoms with E-state index in [4.69, 9.17) is 4.74 Å². The van der Waals surface area contributed by atoms with Gasteiger partial charge in [0.15, 0.2) is 0 Å². The maximum atomic E-state index is 11.7. The molecule has 0 bridgehead atoms. The number of benzene rings is 1. The van der Waals surface area contributed by atoms with Crippen molar-refractivity contribution in [2.45, 2.75) is 20.5 Å². The summed E-state index contributed by atoms with van der Waals surface area (Å²) < 4.78 is 7.74. The van der Waals surface area contributed by atoms with Crippen LogP contribution < -0.4 is 10.1 Å². The molecule has 0 saturated heterocycles. The smallest absolute Gasteiger partial charge is 0.251 e. The van der Waals surface area contributed by atoms with Gasteiger partial charge in [-0.2, -0.15) is 0 Å². The molecule has 0 aliphatic carbocycles. The number of ether oxygens (including phenoxy) is 1. The normalized spacial score (nSPS) is 10.7. The van der Waals surface area contributed by atoms with Crippen LogP contribution in [0.3, 0.4) is 0 Å². The first kappa shape index (κ1) is 15.1. The number of aryl methyl sites for hydroxylation is 1. The topological polar surface area (TPSA) is 55.6 Å². The van der Waals surface area contributed by atoms with Gasteiger partial charge in [0.25, 0.3) is 5.91 Å². The van der Waals surface area contributed by atoms with Crippen molar-refractivity contribution in [1.29, 1.82) is 0 Å². The fourth-order valence-corrected chi connectivity index (χ4v) is 2.40. The predicted octanol–water partition coefficient (Wildman–Crippen LogP) is 2.97. The molecule has 1 aromatic carbocycles. The number of nitrogens with zero attached hydrogens (tertiary/aromatic N) is 2. The fourth-order valence-electron chi connectivity index (χ4n) is 2.40. The summed E-state index contributed by atoms with van der Waals surface area (Å²) in [6.45, 7) is 4.94. The van der Waals surface area contributed by atoms with Crippen molar-refractivity contribution in [2.75, 3.05) is 6.54 Å². The molecule has 0 fully saturated rings. The van der Waals surface area contributed by atoms with Gasteiger partial charge in [-0.05, 0) is 49.7 Å². The Bertz CT molecular complexity index is 822. The molecule has 2 heterocycles. The predicted molar refractivity (Wildman–Crippen MR) is 88.7 cm³/mol. The molecular formula is C18H19N3O2. The average molecular weight is 309 g/mol. The molecule has 0 spiro atoms. The zero-order chi connectivity index (χ0) is 16.2. The summed E-state index contributed by atoms with van der Waals surface area (Å²) in [5.74, 6) is 0.640. The van der Waals surface area contributed by atoms with Gasteiger partial charge in [-0.3, -0.25) is 4.79 Å². The van der Waals surface area contributed by atoms with Crippen LogP contribution in [-0.2, 0) is 6.61 Å². The SMILES string of the molecule is CCNC(=O)c1ccc(OCc2cn3cccc(C)c3n2)cc1. The summed E-state index contributed by atoms with van der Waals surface area (Å²) in [5.41, 5.74) is 3.57. The molecule has 0 atom stereocenters. The van der Waals surface area contributed by atoms with E-state index in [0.717, 1.165) is 16.9 Å². The van der Waals surface area contributed by atoms with E-state index in [1.165, 1.54) is 0 Å². The lowest BCUT2D eigenvalue weighted by Crippen LogP contribution is -2.22. The molecule has 3 rings (SSSR count). The first-order valence-corrected chi connectivity index (χ1v) is 7.61. The summed E-state index contributed by atoms with van der Waals surface area (Å²) in [7, 11) is 0. The monoisotopic (exact) mass is 309 g/mol. The Labute approximate surface area is 134 Å². The molecule has 1 N–H and O–H groups in total. The first-order chi connectivity index (χ1) is 11.2. The second-order valence-electron chi connectivity index (χ2n) is 5.33. The van der Waals surface area contributed by atoms with Crippen molar-refractivity contribution in [1.82, 2.24) is 14.7 Å². The number of carbonyl (C=O) groups excluding carboxylic acids is 1. The number of aromatic nitrogens is 2. The van der Waals surface area contributed by atoms with Crippen LogP contribution in [0, 0.1) is 6.92 Å². The minimum atomic E-state index is -0.0742. The number of carbonyl (C=O) groups is 1. The quantitative estimate of drug-likeness (QED) is 0.788. The number of rotatable bonds is 5. The number of hydrogen-bond acceptors (Lipinski definition) is 3. The summed E-state index contributed by atoms with van der Waals surface area (Å²) in [6.07, 6.45) is 3.94. The number of imidazole rings is 1. The number of nitrogens with one attached hydrogen (secondary N) is 1. The zero-order valence-electron chi connectivity index (χ0n) is 13.2. The van der Waals surface area contributed by atoms with E-state index in [9.17, 15) is 4.79 Å². The van der Waals surface area contributed by atoms with Gasteiger partial charge in [-0.1, -0.05) is 6.07 Å². The van der Waals surface area contributed by atoms with Crippen LogP contribution in [0.4, 0.5) is 0 Å². The molecule has 23 heavy (non-hydrogen) atoms. The number of pyridine rings is 1. The van der Waals surface area contributed by atoms with Gasteiger partial charge < -0.3 is 14.5 Å². The highest BCUT2D eigenvalue weighted by atomic mass is 16.5. The molecule has 0 unspecified atom stereocenters. The van der Waals surface area contributed by atoms with Crippen LogP contribution in [0.15, 0.2) is 48.8 Å². The minimum Gasteiger partial charge on any atom is -0.487 e. The van der Waals surface area contributed by atoms with Crippen LogP contribution >= 0.6 is 0 Å². The first-order valence-electron chi connectivity index (χ1n) is 7.61. The molecule has 118 valence electrons. The van der Waals surface area contributed by atoms with Gasteiger partial charge in [0.05, 0.1) is 5.69 Å². The fraction of sp³-hybridized carbons (Fsp3) is 0.222. The van der Waals surface area contributed by atoms with Crippen molar-refractivity contribution < 1.29 is 9.53 Å². The highest BCUT2D eigenvalue weighted by Crippen LogP contribution is 2.15. The number of amides is 1. The number of hydrogen-bond donors (Lipinski definition) is 1. The van der Waals surface area contributed by atoms with E-state index < -0.39 is 0 Å². The summed E-state index contributed by atoms with van der Waals surface area (Å²) in [4.78, 5) is 16.3. The van der Waals surface area contributed by atoms with Gasteiger partial charge in [0.2, 0.25) is 0 Å². The Balaban J connectivity index is 1.67. The maximum Gasteiger partial charge on any atom is 0.251 e. The molecule has 0 saturated carbocycles. The molecule has 3 aromatic rings. The van der Waals surface area contributed by atoms with Crippen LogP contribution in [0.5, 0.6) is 5.75 Å². The van der Waals surface area contributed by atoms with Crippen molar-refractivity contribution in [3.05, 3.63) is 65.6 Å². The Morgan fingerprint density at radius 3 is 2.74 bits per heavy atom. The highest BCUT2D eigenvalue weighted by molar-refractivity contribution is 5.94. The van der Waals surface area contributed by atoms with Gasteiger partial charge in [0, 0.05) is 24.5 Å². The van der Waals surface area contributed by atoms with Crippen LogP contribution in [-0.4, -0.2) is 21.8 Å². The van der Waals surface area contributed by atoms with Gasteiger partial charge in [-0.25, -0.2) is 4.98 Å². The van der Waals surface area contributed by atoms with Gasteiger partial charge in [0.1, 0.15) is 18.0 Å². The van der Waals surface area contributed by atoms with E-state index in [0.29, 0.717) is 24.5 Å². The van der Waals surface area contributed by atoms with E-state index in [1.807, 2.05) is 42.8 Å². The lowest BCUT2D eigenvalue weighted by atomic mass is 10.2. The molecule has 5 heteroatoms. The van der Waals surface area contributed by atoms with Crippen molar-refractivity contribution in [3.8, 4) is 5.75 Å². The Hall–Kier alpha value is -2.82. The van der Waals surface area contributed by atoms with Crippen molar-refractivity contribution in [2.24, 2.45) is 0 Å². The lowest BCUT2D eigenvalue weighted by Gasteiger charge is -2.06. The van der Waals surface area contributed by atoms with Gasteiger partial charge >= 0.3 is 0 Å². The average Bonchev–Trinajstić information content (AvgIpc) is 2.98. The third-order valence-corrected chi connectivity index (χ3v) is 3.57. The standard InChI is InChI=1S/C18H19N3O2/c1-3-19-18(22)14-6-8-16(9-7-14)23-12-15-11-21-10-4-5-13(2)17(21)20-15/h4-11H,3,12H2,1-2H3,(H,19,22). The van der Waals surface area contributed by atoms with Crippen LogP contribution in [0.2, 0.25) is 0 Å². The second-order valence-corrected chi connectivity index (χ2v) is 5.33. The van der Waals surface area contributed by atoms with E-state index >= 15 is 0 Å². The molecule has 1 amide bonds. The zero-order valence-corrected chi connectivity index (χ0v) is 13.2. The Morgan fingerprint density at radius 2 is 2.04 bits per heavy atom. The molecule has 0 aliphatic heterocycles. The second kappa shape index (κ2) is 6.52. The van der Waals surface area contributed by atoms with Crippen LogP contribution in [0.1, 0.15) is 28.5 Å². The summed E-state index contributed by atoms with van der Waals surface area (Å²) in [5, 5.41) is 2.77. The van der Waals surface area contributed by atoms with Crippen molar-refractivity contribution in [3.63, 3.8) is 0 Å². The van der Waals surface area contributed by atoms with Crippen molar-refractivity contribution >= 4 is 11.6 Å². The molecule has 0 radical (unpaired) electrons. The maximum absolute atomic E-state index is 11.7. The highest BCUT2D eigenvalue weighted by Gasteiger charge is 2.06. The van der Waals surface area contributed by atoms with E-state index in [-0.39, 0.29) is 5.91 Å². The Morgan fingerprint density at radius 1 is 1.26 bits per heavy atom. The molecule has 5 nitrogen and oxygen atoms in total. The van der Waals surface area contributed by atoms with Gasteiger partial charge in [-0.15, -0.1) is 0 Å². The summed E-state index contributed by atoms with van der Waals surface area (Å²) >= 11 is 0. The number of fused-ring (bicyclic) bond motifs is 1. The summed E-state index contributed by atoms with van der Waals surface area (Å²) in [6, 6.07) is 11.1. The molecular weight excluding hydrogens is 290 g/mol.